The van der Waals surface area contributed by atoms with Crippen LogP contribution in [0.25, 0.3) is 0 Å². The van der Waals surface area contributed by atoms with Crippen molar-refractivity contribution in [1.29, 1.82) is 0 Å². The minimum Gasteiger partial charge on any atom is -0.478 e. The highest BCUT2D eigenvalue weighted by Gasteiger charge is 2.38. The summed E-state index contributed by atoms with van der Waals surface area (Å²) in [5.74, 6) is -0.260. The average Bonchev–Trinajstić information content (AvgIpc) is 2.28. The molecule has 0 aromatic heterocycles. The molecule has 2 rings (SSSR count). The second-order valence-corrected chi connectivity index (χ2v) is 5.67. The van der Waals surface area contributed by atoms with Crippen LogP contribution in [-0.2, 0) is 10.2 Å². The standard InChI is InChI=1S/C16H20O2/c1-11-4-7-13(8-5-11)16(3)10-12(2)6-9-14(16)15(17)18/h4-5,7-9,12H,6,10H2,1-3H3,(H,17,18). The monoisotopic (exact) mass is 244 g/mol. The Morgan fingerprint density at radius 1 is 1.33 bits per heavy atom. The molecule has 0 bridgehead atoms. The summed E-state index contributed by atoms with van der Waals surface area (Å²) in [6, 6.07) is 8.23. The molecule has 0 spiro atoms. The second kappa shape index (κ2) is 4.60. The number of rotatable bonds is 2. The van der Waals surface area contributed by atoms with E-state index in [4.69, 9.17) is 0 Å². The van der Waals surface area contributed by atoms with E-state index in [1.54, 1.807) is 0 Å². The van der Waals surface area contributed by atoms with Gasteiger partial charge in [0, 0.05) is 11.0 Å². The third kappa shape index (κ3) is 2.20. The zero-order valence-corrected chi connectivity index (χ0v) is 11.2. The van der Waals surface area contributed by atoms with Gasteiger partial charge in [0.25, 0.3) is 0 Å². The summed E-state index contributed by atoms with van der Waals surface area (Å²) in [6.07, 6.45) is 3.66. The summed E-state index contributed by atoms with van der Waals surface area (Å²) in [6.45, 7) is 6.28. The second-order valence-electron chi connectivity index (χ2n) is 5.67. The molecule has 1 aliphatic carbocycles. The molecule has 0 radical (unpaired) electrons. The molecule has 2 atom stereocenters. The van der Waals surface area contributed by atoms with Gasteiger partial charge in [0.05, 0.1) is 0 Å². The van der Waals surface area contributed by atoms with E-state index in [-0.39, 0.29) is 5.41 Å². The maximum Gasteiger partial charge on any atom is 0.332 e. The van der Waals surface area contributed by atoms with E-state index in [2.05, 4.69) is 31.2 Å². The molecule has 0 amide bonds. The number of hydrogen-bond donors (Lipinski definition) is 1. The van der Waals surface area contributed by atoms with Crippen LogP contribution in [0, 0.1) is 12.8 Å². The molecular formula is C16H20O2. The quantitative estimate of drug-likeness (QED) is 0.861. The maximum absolute atomic E-state index is 11.4. The Hall–Kier alpha value is -1.57. The number of carboxylic acids is 1. The van der Waals surface area contributed by atoms with Gasteiger partial charge in [-0.15, -0.1) is 0 Å². The Kier molecular flexibility index (Phi) is 3.29. The number of carbonyl (C=O) groups is 1. The van der Waals surface area contributed by atoms with Crippen LogP contribution in [0.3, 0.4) is 0 Å². The normalized spacial score (nSPS) is 27.7. The SMILES string of the molecule is Cc1ccc(C2(C)CC(C)CC=C2C(=O)O)cc1. The zero-order chi connectivity index (χ0) is 13.3. The van der Waals surface area contributed by atoms with Gasteiger partial charge in [0.2, 0.25) is 0 Å². The van der Waals surface area contributed by atoms with Gasteiger partial charge < -0.3 is 5.11 Å². The van der Waals surface area contributed by atoms with Crippen LogP contribution in [-0.4, -0.2) is 11.1 Å². The number of allylic oxidation sites excluding steroid dienone is 1. The molecule has 0 saturated carbocycles. The van der Waals surface area contributed by atoms with E-state index in [1.807, 2.05) is 19.9 Å². The molecular weight excluding hydrogens is 224 g/mol. The summed E-state index contributed by atoms with van der Waals surface area (Å²) in [5, 5.41) is 9.41. The van der Waals surface area contributed by atoms with Crippen molar-refractivity contribution in [3.05, 3.63) is 47.0 Å². The highest BCUT2D eigenvalue weighted by atomic mass is 16.4. The Balaban J connectivity index is 2.49. The summed E-state index contributed by atoms with van der Waals surface area (Å²) in [4.78, 5) is 11.4. The molecule has 2 heteroatoms. The van der Waals surface area contributed by atoms with Gasteiger partial charge in [-0.1, -0.05) is 49.8 Å². The van der Waals surface area contributed by atoms with Crippen LogP contribution >= 0.6 is 0 Å². The van der Waals surface area contributed by atoms with Gasteiger partial charge in [-0.2, -0.15) is 0 Å². The van der Waals surface area contributed by atoms with Gasteiger partial charge in [-0.3, -0.25) is 0 Å². The lowest BCUT2D eigenvalue weighted by Gasteiger charge is -2.37. The fourth-order valence-electron chi connectivity index (χ4n) is 2.95. The molecule has 1 aliphatic rings. The van der Waals surface area contributed by atoms with Gasteiger partial charge in [-0.25, -0.2) is 4.79 Å². The lowest BCUT2D eigenvalue weighted by atomic mass is 9.66. The first-order chi connectivity index (χ1) is 8.43. The predicted molar refractivity (Wildman–Crippen MR) is 72.6 cm³/mol. The molecule has 96 valence electrons. The average molecular weight is 244 g/mol. The molecule has 0 aliphatic heterocycles. The Morgan fingerprint density at radius 3 is 2.50 bits per heavy atom. The van der Waals surface area contributed by atoms with Crippen molar-refractivity contribution in [3.8, 4) is 0 Å². The summed E-state index contributed by atoms with van der Waals surface area (Å²) < 4.78 is 0. The molecule has 0 heterocycles. The van der Waals surface area contributed by atoms with E-state index in [0.29, 0.717) is 11.5 Å². The van der Waals surface area contributed by atoms with Crippen molar-refractivity contribution < 1.29 is 9.90 Å². The molecule has 18 heavy (non-hydrogen) atoms. The van der Waals surface area contributed by atoms with E-state index in [0.717, 1.165) is 18.4 Å². The highest BCUT2D eigenvalue weighted by Crippen LogP contribution is 2.42. The highest BCUT2D eigenvalue weighted by molar-refractivity contribution is 5.90. The first-order valence-electron chi connectivity index (χ1n) is 6.44. The van der Waals surface area contributed by atoms with E-state index < -0.39 is 5.97 Å². The topological polar surface area (TPSA) is 37.3 Å². The molecule has 1 aromatic carbocycles. The first kappa shape index (κ1) is 12.9. The van der Waals surface area contributed by atoms with Crippen molar-refractivity contribution in [2.75, 3.05) is 0 Å². The fraction of sp³-hybridized carbons (Fsp3) is 0.438. The number of carboxylic acid groups (broad SMARTS) is 1. The number of aryl methyl sites for hydroxylation is 1. The minimum atomic E-state index is -0.787. The molecule has 0 fully saturated rings. The van der Waals surface area contributed by atoms with Crippen molar-refractivity contribution in [3.63, 3.8) is 0 Å². The Bertz CT molecular complexity index is 484. The lowest BCUT2D eigenvalue weighted by molar-refractivity contribution is -0.133. The van der Waals surface area contributed by atoms with Gasteiger partial charge >= 0.3 is 5.97 Å². The van der Waals surface area contributed by atoms with Gasteiger partial charge in [0.1, 0.15) is 0 Å². The van der Waals surface area contributed by atoms with E-state index in [1.165, 1.54) is 5.56 Å². The minimum absolute atomic E-state index is 0.364. The third-order valence-corrected chi connectivity index (χ3v) is 3.99. The summed E-state index contributed by atoms with van der Waals surface area (Å²) in [7, 11) is 0. The molecule has 0 saturated heterocycles. The molecule has 2 nitrogen and oxygen atoms in total. The van der Waals surface area contributed by atoms with Crippen molar-refractivity contribution in [2.24, 2.45) is 5.92 Å². The summed E-state index contributed by atoms with van der Waals surface area (Å²) in [5.41, 5.74) is 2.49. The Morgan fingerprint density at radius 2 is 1.94 bits per heavy atom. The third-order valence-electron chi connectivity index (χ3n) is 3.99. The van der Waals surface area contributed by atoms with Crippen LogP contribution in [0.1, 0.15) is 37.8 Å². The Labute approximate surface area is 108 Å². The largest absolute Gasteiger partial charge is 0.478 e. The van der Waals surface area contributed by atoms with Crippen molar-refractivity contribution >= 4 is 5.97 Å². The maximum atomic E-state index is 11.4. The van der Waals surface area contributed by atoms with Gasteiger partial charge in [0.15, 0.2) is 0 Å². The van der Waals surface area contributed by atoms with Gasteiger partial charge in [-0.05, 0) is 31.2 Å². The fourth-order valence-corrected chi connectivity index (χ4v) is 2.95. The zero-order valence-electron chi connectivity index (χ0n) is 11.2. The van der Waals surface area contributed by atoms with Crippen LogP contribution in [0.5, 0.6) is 0 Å². The molecule has 1 aromatic rings. The van der Waals surface area contributed by atoms with E-state index >= 15 is 0 Å². The van der Waals surface area contributed by atoms with Crippen molar-refractivity contribution in [1.82, 2.24) is 0 Å². The van der Waals surface area contributed by atoms with E-state index in [9.17, 15) is 9.90 Å². The van der Waals surface area contributed by atoms with Crippen LogP contribution < -0.4 is 0 Å². The van der Waals surface area contributed by atoms with Crippen LogP contribution in [0.4, 0.5) is 0 Å². The summed E-state index contributed by atoms with van der Waals surface area (Å²) >= 11 is 0. The van der Waals surface area contributed by atoms with Crippen LogP contribution in [0.2, 0.25) is 0 Å². The number of aliphatic carboxylic acids is 1. The number of benzene rings is 1. The predicted octanol–water partition coefficient (Wildman–Crippen LogP) is 3.69. The van der Waals surface area contributed by atoms with Crippen LogP contribution in [0.15, 0.2) is 35.9 Å². The number of hydrogen-bond acceptors (Lipinski definition) is 1. The first-order valence-corrected chi connectivity index (χ1v) is 6.44. The molecule has 1 N–H and O–H groups in total. The lowest BCUT2D eigenvalue weighted by Crippen LogP contribution is -2.34. The smallest absolute Gasteiger partial charge is 0.332 e. The van der Waals surface area contributed by atoms with Crippen molar-refractivity contribution in [2.45, 2.75) is 39.0 Å². The molecule has 2 unspecified atom stereocenters.